The van der Waals surface area contributed by atoms with Gasteiger partial charge in [0.25, 0.3) is 0 Å². The van der Waals surface area contributed by atoms with Gasteiger partial charge in [0.05, 0.1) is 13.7 Å². The van der Waals surface area contributed by atoms with Crippen LogP contribution in [0.2, 0.25) is 0 Å². The minimum atomic E-state index is -1.61. The van der Waals surface area contributed by atoms with Crippen molar-refractivity contribution < 1.29 is 19.4 Å². The van der Waals surface area contributed by atoms with E-state index in [1.165, 1.54) is 14.0 Å². The van der Waals surface area contributed by atoms with Gasteiger partial charge in [0.2, 0.25) is 5.91 Å². The maximum Gasteiger partial charge on any atom is 0.338 e. The van der Waals surface area contributed by atoms with Crippen LogP contribution < -0.4 is 10.6 Å². The molecule has 0 saturated carbocycles. The molecule has 0 aromatic carbocycles. The van der Waals surface area contributed by atoms with Gasteiger partial charge < -0.3 is 20.5 Å². The van der Waals surface area contributed by atoms with Crippen molar-refractivity contribution in [3.05, 3.63) is 0 Å². The van der Waals surface area contributed by atoms with Crippen LogP contribution in [0.1, 0.15) is 13.8 Å². The summed E-state index contributed by atoms with van der Waals surface area (Å²) in [7, 11) is 1.20. The fourth-order valence-corrected chi connectivity index (χ4v) is 0.971. The fourth-order valence-electron chi connectivity index (χ4n) is 0.971. The van der Waals surface area contributed by atoms with E-state index in [1.54, 1.807) is 0 Å². The van der Waals surface area contributed by atoms with Crippen molar-refractivity contribution in [3.63, 3.8) is 0 Å². The average Bonchev–Trinajstić information content (AvgIpc) is 2.16. The fraction of sp³-hybridized carbons (Fsp3) is 0.778. The Bertz CT molecular complexity index is 228. The molecule has 88 valence electrons. The van der Waals surface area contributed by atoms with E-state index in [2.05, 4.69) is 15.4 Å². The summed E-state index contributed by atoms with van der Waals surface area (Å²) in [6, 6.07) is 0. The largest absolute Gasteiger partial charge is 0.467 e. The number of amides is 1. The number of hydrogen-bond donors (Lipinski definition) is 3. The molecule has 0 rings (SSSR count). The zero-order valence-electron chi connectivity index (χ0n) is 9.29. The maximum absolute atomic E-state index is 11.0. The van der Waals surface area contributed by atoms with Gasteiger partial charge in [-0.3, -0.25) is 4.79 Å². The Morgan fingerprint density at radius 3 is 2.53 bits per heavy atom. The van der Waals surface area contributed by atoms with Gasteiger partial charge in [-0.1, -0.05) is 0 Å². The molecule has 0 radical (unpaired) electrons. The van der Waals surface area contributed by atoms with Crippen LogP contribution in [0.5, 0.6) is 0 Å². The first-order chi connectivity index (χ1) is 6.94. The van der Waals surface area contributed by atoms with E-state index < -0.39 is 11.6 Å². The number of rotatable bonds is 6. The normalized spacial score (nSPS) is 14.1. The molecule has 0 fully saturated rings. The van der Waals surface area contributed by atoms with E-state index >= 15 is 0 Å². The molecule has 0 heterocycles. The molecule has 0 aliphatic carbocycles. The monoisotopic (exact) mass is 218 g/mol. The molecule has 0 aromatic rings. The van der Waals surface area contributed by atoms with Crippen molar-refractivity contribution in [2.75, 3.05) is 26.7 Å². The number of carbonyl (C=O) groups is 2. The van der Waals surface area contributed by atoms with Crippen molar-refractivity contribution >= 4 is 11.9 Å². The van der Waals surface area contributed by atoms with Gasteiger partial charge >= 0.3 is 5.97 Å². The summed E-state index contributed by atoms with van der Waals surface area (Å²) >= 11 is 0. The summed E-state index contributed by atoms with van der Waals surface area (Å²) in [6.45, 7) is 3.71. The van der Waals surface area contributed by atoms with Crippen LogP contribution in [-0.4, -0.2) is 49.3 Å². The number of aliphatic hydroxyl groups is 1. The molecule has 0 aromatic heterocycles. The number of esters is 1. The highest BCUT2D eigenvalue weighted by molar-refractivity contribution is 5.80. The molecule has 1 amide bonds. The highest BCUT2D eigenvalue weighted by Gasteiger charge is 2.30. The summed E-state index contributed by atoms with van der Waals surface area (Å²) in [5.41, 5.74) is -1.61. The highest BCUT2D eigenvalue weighted by atomic mass is 16.5. The molecule has 0 spiro atoms. The van der Waals surface area contributed by atoms with Crippen LogP contribution in [0.3, 0.4) is 0 Å². The molecule has 0 aliphatic heterocycles. The standard InChI is InChI=1S/C9H18N2O4/c1-4-11-7(12)5-10-6-9(2,14)8(13)15-3/h10,14H,4-6H2,1-3H3,(H,11,12). The number of hydrogen-bond acceptors (Lipinski definition) is 5. The topological polar surface area (TPSA) is 87.7 Å². The molecule has 1 unspecified atom stereocenters. The van der Waals surface area contributed by atoms with Crippen molar-refractivity contribution in [2.45, 2.75) is 19.4 Å². The van der Waals surface area contributed by atoms with E-state index in [0.29, 0.717) is 6.54 Å². The van der Waals surface area contributed by atoms with E-state index in [1.807, 2.05) is 6.92 Å². The zero-order chi connectivity index (χ0) is 11.9. The number of carbonyl (C=O) groups excluding carboxylic acids is 2. The molecule has 15 heavy (non-hydrogen) atoms. The number of likely N-dealkylation sites (N-methyl/N-ethyl adjacent to an activating group) is 1. The predicted octanol–water partition coefficient (Wildman–Crippen LogP) is -1.36. The lowest BCUT2D eigenvalue weighted by molar-refractivity contribution is -0.160. The molecule has 0 saturated heterocycles. The molecule has 6 heteroatoms. The Labute approximate surface area is 89.0 Å². The molecule has 1 atom stereocenters. The van der Waals surface area contributed by atoms with Crippen LogP contribution in [0.4, 0.5) is 0 Å². The first-order valence-electron chi connectivity index (χ1n) is 4.72. The quantitative estimate of drug-likeness (QED) is 0.479. The van der Waals surface area contributed by atoms with Gasteiger partial charge in [-0.05, 0) is 13.8 Å². The number of ether oxygens (including phenoxy) is 1. The third-order valence-corrected chi connectivity index (χ3v) is 1.75. The number of nitrogens with one attached hydrogen (secondary N) is 2. The Morgan fingerprint density at radius 2 is 2.07 bits per heavy atom. The van der Waals surface area contributed by atoms with Gasteiger partial charge in [-0.25, -0.2) is 4.79 Å². The second kappa shape index (κ2) is 6.36. The third-order valence-electron chi connectivity index (χ3n) is 1.75. The number of methoxy groups -OCH3 is 1. The van der Waals surface area contributed by atoms with Crippen molar-refractivity contribution in [1.82, 2.24) is 10.6 Å². The van der Waals surface area contributed by atoms with Gasteiger partial charge in [0.15, 0.2) is 5.60 Å². The van der Waals surface area contributed by atoms with E-state index in [4.69, 9.17) is 0 Å². The Hall–Kier alpha value is -1.14. The molecule has 0 bridgehead atoms. The van der Waals surface area contributed by atoms with E-state index in [9.17, 15) is 14.7 Å². The van der Waals surface area contributed by atoms with E-state index in [-0.39, 0.29) is 19.0 Å². The van der Waals surface area contributed by atoms with Crippen LogP contribution in [0.15, 0.2) is 0 Å². The van der Waals surface area contributed by atoms with Crippen LogP contribution in [0.25, 0.3) is 0 Å². The van der Waals surface area contributed by atoms with Crippen LogP contribution in [0, 0.1) is 0 Å². The highest BCUT2D eigenvalue weighted by Crippen LogP contribution is 2.02. The molecular weight excluding hydrogens is 200 g/mol. The zero-order valence-corrected chi connectivity index (χ0v) is 9.29. The summed E-state index contributed by atoms with van der Waals surface area (Å²) in [4.78, 5) is 22.0. The van der Waals surface area contributed by atoms with Crippen molar-refractivity contribution in [2.24, 2.45) is 0 Å². The van der Waals surface area contributed by atoms with Gasteiger partial charge in [0.1, 0.15) is 0 Å². The van der Waals surface area contributed by atoms with Crippen molar-refractivity contribution in [1.29, 1.82) is 0 Å². The molecule has 0 aliphatic rings. The molecule has 3 N–H and O–H groups in total. The first kappa shape index (κ1) is 13.9. The summed E-state index contributed by atoms with van der Waals surface area (Å²) in [6.07, 6.45) is 0. The third kappa shape index (κ3) is 5.34. The maximum atomic E-state index is 11.0. The SMILES string of the molecule is CCNC(=O)CNCC(C)(O)C(=O)OC. The second-order valence-electron chi connectivity index (χ2n) is 3.32. The summed E-state index contributed by atoms with van der Waals surface area (Å²) < 4.78 is 4.39. The average molecular weight is 218 g/mol. The molecular formula is C9H18N2O4. The lowest BCUT2D eigenvalue weighted by atomic mass is 10.1. The Balaban J connectivity index is 3.84. The minimum Gasteiger partial charge on any atom is -0.467 e. The van der Waals surface area contributed by atoms with Gasteiger partial charge in [0, 0.05) is 13.1 Å². The first-order valence-corrected chi connectivity index (χ1v) is 4.72. The Kier molecular flexibility index (Phi) is 5.88. The summed E-state index contributed by atoms with van der Waals surface area (Å²) in [5, 5.41) is 14.8. The van der Waals surface area contributed by atoms with Crippen molar-refractivity contribution in [3.8, 4) is 0 Å². The van der Waals surface area contributed by atoms with E-state index in [0.717, 1.165) is 0 Å². The lowest BCUT2D eigenvalue weighted by Crippen LogP contribution is -2.47. The Morgan fingerprint density at radius 1 is 1.47 bits per heavy atom. The molecule has 6 nitrogen and oxygen atoms in total. The van der Waals surface area contributed by atoms with Crippen LogP contribution in [-0.2, 0) is 14.3 Å². The second-order valence-corrected chi connectivity index (χ2v) is 3.32. The van der Waals surface area contributed by atoms with Gasteiger partial charge in [-0.15, -0.1) is 0 Å². The minimum absolute atomic E-state index is 0.0309. The van der Waals surface area contributed by atoms with Crippen LogP contribution >= 0.6 is 0 Å². The smallest absolute Gasteiger partial charge is 0.338 e. The summed E-state index contributed by atoms with van der Waals surface area (Å²) in [5.74, 6) is -0.913. The predicted molar refractivity (Wildman–Crippen MR) is 54.2 cm³/mol. The van der Waals surface area contributed by atoms with Gasteiger partial charge in [-0.2, -0.15) is 0 Å². The lowest BCUT2D eigenvalue weighted by Gasteiger charge is -2.20.